The monoisotopic (exact) mass is 288 g/mol. The summed E-state index contributed by atoms with van der Waals surface area (Å²) in [6.45, 7) is 1.48. The predicted octanol–water partition coefficient (Wildman–Crippen LogP) is 1.27. The van der Waals surface area contributed by atoms with Gasteiger partial charge in [-0.1, -0.05) is 30.0 Å². The summed E-state index contributed by atoms with van der Waals surface area (Å²) in [6.07, 6.45) is 0. The molecule has 3 aromatic rings. The number of benzene rings is 1. The average molecular weight is 288 g/mol. The minimum absolute atomic E-state index is 0.00303. The molecule has 7 heteroatoms. The van der Waals surface area contributed by atoms with E-state index in [-0.39, 0.29) is 17.1 Å². The second-order valence-corrected chi connectivity index (χ2v) is 5.40. The molecule has 0 spiro atoms. The fourth-order valence-corrected chi connectivity index (χ4v) is 2.73. The minimum Gasteiger partial charge on any atom is -0.349 e. The van der Waals surface area contributed by atoms with Crippen LogP contribution in [-0.2, 0) is 4.79 Å². The van der Waals surface area contributed by atoms with Gasteiger partial charge in [0.25, 0.3) is 5.56 Å². The number of ketones is 1. The molecule has 0 aliphatic heterocycles. The third-order valence-corrected chi connectivity index (χ3v) is 4.03. The normalized spacial score (nSPS) is 11.2. The fraction of sp³-hybridized carbons (Fsp3) is 0.154. The van der Waals surface area contributed by atoms with Crippen molar-refractivity contribution in [1.29, 1.82) is 0 Å². The number of para-hydroxylation sites is 1. The minimum atomic E-state index is -0.350. The summed E-state index contributed by atoms with van der Waals surface area (Å²) >= 11 is 1.16. The van der Waals surface area contributed by atoms with E-state index < -0.39 is 0 Å². The van der Waals surface area contributed by atoms with Gasteiger partial charge in [0.15, 0.2) is 5.16 Å². The second-order valence-electron chi connectivity index (χ2n) is 4.45. The standard InChI is InChI=1S/C13H12N4O2S/c1-7(18)6-20-13-16-10-8-4-2-3-5-9(8)15-11(10)12(19)17(13)14/h2-5,15H,6,14H2,1H3. The van der Waals surface area contributed by atoms with Crippen LogP contribution in [0.2, 0.25) is 0 Å². The number of nitrogens with two attached hydrogens (primary N) is 1. The topological polar surface area (TPSA) is 93.8 Å². The van der Waals surface area contributed by atoms with E-state index in [9.17, 15) is 9.59 Å². The van der Waals surface area contributed by atoms with Gasteiger partial charge in [0, 0.05) is 10.9 Å². The molecule has 0 unspecified atom stereocenters. The van der Waals surface area contributed by atoms with Crippen molar-refractivity contribution in [2.45, 2.75) is 12.1 Å². The first-order valence-corrected chi connectivity index (χ1v) is 6.97. The Hall–Kier alpha value is -2.28. The number of rotatable bonds is 3. The van der Waals surface area contributed by atoms with Gasteiger partial charge in [-0.2, -0.15) is 0 Å². The Morgan fingerprint density at radius 1 is 1.45 bits per heavy atom. The van der Waals surface area contributed by atoms with E-state index in [1.54, 1.807) is 0 Å². The molecule has 0 aliphatic rings. The lowest BCUT2D eigenvalue weighted by Crippen LogP contribution is -2.30. The van der Waals surface area contributed by atoms with Gasteiger partial charge in [0.05, 0.1) is 5.75 Å². The highest BCUT2D eigenvalue weighted by molar-refractivity contribution is 7.99. The Labute approximate surface area is 118 Å². The van der Waals surface area contributed by atoms with Crippen LogP contribution in [0.3, 0.4) is 0 Å². The summed E-state index contributed by atoms with van der Waals surface area (Å²) in [5.74, 6) is 5.98. The summed E-state index contributed by atoms with van der Waals surface area (Å²) in [6, 6.07) is 7.53. The van der Waals surface area contributed by atoms with E-state index in [0.29, 0.717) is 16.2 Å². The van der Waals surface area contributed by atoms with Crippen molar-refractivity contribution in [3.8, 4) is 0 Å². The maximum atomic E-state index is 12.2. The summed E-state index contributed by atoms with van der Waals surface area (Å²) in [7, 11) is 0. The summed E-state index contributed by atoms with van der Waals surface area (Å²) in [4.78, 5) is 30.7. The molecule has 2 heterocycles. The third-order valence-electron chi connectivity index (χ3n) is 2.93. The van der Waals surface area contributed by atoms with Crippen LogP contribution in [0.25, 0.3) is 21.9 Å². The first kappa shape index (κ1) is 12.7. The molecule has 102 valence electrons. The van der Waals surface area contributed by atoms with E-state index in [0.717, 1.165) is 27.3 Å². The Balaban J connectivity index is 2.27. The first-order valence-electron chi connectivity index (χ1n) is 5.98. The molecule has 0 radical (unpaired) electrons. The van der Waals surface area contributed by atoms with Crippen LogP contribution in [-0.4, -0.2) is 26.2 Å². The second kappa shape index (κ2) is 4.68. The molecular weight excluding hydrogens is 276 g/mol. The smallest absolute Gasteiger partial charge is 0.296 e. The molecule has 0 amide bonds. The highest BCUT2D eigenvalue weighted by Gasteiger charge is 2.14. The molecule has 0 aliphatic carbocycles. The van der Waals surface area contributed by atoms with Gasteiger partial charge in [-0.25, -0.2) is 9.66 Å². The van der Waals surface area contributed by atoms with Crippen molar-refractivity contribution in [3.05, 3.63) is 34.6 Å². The molecular formula is C13H12N4O2S. The number of nitrogen functional groups attached to an aromatic ring is 1. The first-order chi connectivity index (χ1) is 9.58. The SMILES string of the molecule is CC(=O)CSc1nc2c([nH]c3ccccc32)c(=O)n1N. The van der Waals surface area contributed by atoms with Crippen LogP contribution < -0.4 is 11.4 Å². The summed E-state index contributed by atoms with van der Waals surface area (Å²) in [5.41, 5.74) is 1.44. The number of carbonyl (C=O) groups excluding carboxylic acids is 1. The van der Waals surface area contributed by atoms with Gasteiger partial charge in [0.2, 0.25) is 0 Å². The number of Topliss-reactive ketones (excluding diaryl/α,β-unsaturated/α-hetero) is 1. The van der Waals surface area contributed by atoms with Crippen LogP contribution in [0.15, 0.2) is 34.2 Å². The fourth-order valence-electron chi connectivity index (χ4n) is 2.02. The van der Waals surface area contributed by atoms with E-state index in [1.807, 2.05) is 24.3 Å². The van der Waals surface area contributed by atoms with E-state index >= 15 is 0 Å². The number of aromatic amines is 1. The Kier molecular flexibility index (Phi) is 2.98. The van der Waals surface area contributed by atoms with Crippen LogP contribution in [0, 0.1) is 0 Å². The Bertz CT molecular complexity index is 881. The van der Waals surface area contributed by atoms with Crippen molar-refractivity contribution in [1.82, 2.24) is 14.6 Å². The van der Waals surface area contributed by atoms with Gasteiger partial charge in [-0.3, -0.25) is 9.59 Å². The number of nitrogens with one attached hydrogen (secondary N) is 1. The number of nitrogens with zero attached hydrogens (tertiary/aromatic N) is 2. The number of carbonyl (C=O) groups is 1. The van der Waals surface area contributed by atoms with Gasteiger partial charge in [0.1, 0.15) is 16.8 Å². The summed E-state index contributed by atoms with van der Waals surface area (Å²) < 4.78 is 0.978. The molecule has 1 aromatic carbocycles. The zero-order valence-electron chi connectivity index (χ0n) is 10.7. The van der Waals surface area contributed by atoms with Gasteiger partial charge in [-0.15, -0.1) is 0 Å². The zero-order valence-corrected chi connectivity index (χ0v) is 11.5. The highest BCUT2D eigenvalue weighted by atomic mass is 32.2. The Morgan fingerprint density at radius 3 is 2.95 bits per heavy atom. The van der Waals surface area contributed by atoms with E-state index in [4.69, 9.17) is 5.84 Å². The predicted molar refractivity (Wildman–Crippen MR) is 79.4 cm³/mol. The van der Waals surface area contributed by atoms with E-state index in [1.165, 1.54) is 6.92 Å². The molecule has 0 saturated carbocycles. The molecule has 0 saturated heterocycles. The van der Waals surface area contributed by atoms with Crippen molar-refractivity contribution >= 4 is 39.5 Å². The number of thioether (sulfide) groups is 1. The molecule has 20 heavy (non-hydrogen) atoms. The van der Waals surface area contributed by atoms with Crippen LogP contribution in [0.4, 0.5) is 0 Å². The number of aromatic nitrogens is 3. The van der Waals surface area contributed by atoms with Gasteiger partial charge >= 0.3 is 0 Å². The lowest BCUT2D eigenvalue weighted by Gasteiger charge is -2.05. The van der Waals surface area contributed by atoms with Gasteiger partial charge < -0.3 is 10.8 Å². The Morgan fingerprint density at radius 2 is 2.20 bits per heavy atom. The largest absolute Gasteiger partial charge is 0.349 e. The van der Waals surface area contributed by atoms with Gasteiger partial charge in [-0.05, 0) is 13.0 Å². The molecule has 0 fully saturated rings. The highest BCUT2D eigenvalue weighted by Crippen LogP contribution is 2.23. The maximum Gasteiger partial charge on any atom is 0.296 e. The van der Waals surface area contributed by atoms with Crippen molar-refractivity contribution in [2.24, 2.45) is 0 Å². The molecule has 2 aromatic heterocycles. The number of hydrogen-bond acceptors (Lipinski definition) is 5. The molecule has 3 N–H and O–H groups in total. The lowest BCUT2D eigenvalue weighted by atomic mass is 10.2. The van der Waals surface area contributed by atoms with Crippen molar-refractivity contribution in [2.75, 3.05) is 11.6 Å². The van der Waals surface area contributed by atoms with Crippen molar-refractivity contribution in [3.63, 3.8) is 0 Å². The lowest BCUT2D eigenvalue weighted by molar-refractivity contribution is -0.114. The molecule has 3 rings (SSSR count). The zero-order chi connectivity index (χ0) is 14.3. The third kappa shape index (κ3) is 1.96. The number of H-pyrrole nitrogens is 1. The molecule has 0 atom stereocenters. The van der Waals surface area contributed by atoms with E-state index in [2.05, 4.69) is 9.97 Å². The summed E-state index contributed by atoms with van der Waals surface area (Å²) in [5, 5.41) is 1.20. The van der Waals surface area contributed by atoms with Crippen LogP contribution >= 0.6 is 11.8 Å². The van der Waals surface area contributed by atoms with Crippen LogP contribution in [0.5, 0.6) is 0 Å². The quantitative estimate of drug-likeness (QED) is 0.430. The average Bonchev–Trinajstić information content (AvgIpc) is 2.80. The van der Waals surface area contributed by atoms with Crippen LogP contribution in [0.1, 0.15) is 6.92 Å². The number of hydrogen-bond donors (Lipinski definition) is 2. The number of fused-ring (bicyclic) bond motifs is 3. The maximum absolute atomic E-state index is 12.2. The molecule has 6 nitrogen and oxygen atoms in total. The van der Waals surface area contributed by atoms with Crippen molar-refractivity contribution < 1.29 is 4.79 Å². The molecule has 0 bridgehead atoms.